The molecule has 2 aromatic rings. The van der Waals surface area contributed by atoms with Crippen LogP contribution in [0, 0.1) is 5.82 Å². The van der Waals surface area contributed by atoms with Gasteiger partial charge in [-0.25, -0.2) is 14.4 Å². The molecule has 1 atom stereocenters. The van der Waals surface area contributed by atoms with E-state index in [2.05, 4.69) is 27.1 Å². The van der Waals surface area contributed by atoms with Gasteiger partial charge in [0.15, 0.2) is 0 Å². The molecule has 1 saturated heterocycles. The number of benzene rings is 1. The van der Waals surface area contributed by atoms with Gasteiger partial charge < -0.3 is 15.1 Å². The molecule has 26 heavy (non-hydrogen) atoms. The molecule has 1 fully saturated rings. The van der Waals surface area contributed by atoms with Gasteiger partial charge in [0, 0.05) is 44.1 Å². The van der Waals surface area contributed by atoms with Crippen LogP contribution in [0.2, 0.25) is 0 Å². The van der Waals surface area contributed by atoms with E-state index in [4.69, 9.17) is 0 Å². The summed E-state index contributed by atoms with van der Waals surface area (Å²) in [7, 11) is 0. The van der Waals surface area contributed by atoms with Crippen LogP contribution >= 0.6 is 0 Å². The van der Waals surface area contributed by atoms with E-state index in [1.807, 2.05) is 6.92 Å². The van der Waals surface area contributed by atoms with Crippen molar-refractivity contribution in [2.45, 2.75) is 26.3 Å². The van der Waals surface area contributed by atoms with Gasteiger partial charge in [-0.2, -0.15) is 0 Å². The first-order valence-corrected chi connectivity index (χ1v) is 8.96. The highest BCUT2D eigenvalue weighted by molar-refractivity contribution is 5.92. The zero-order valence-corrected chi connectivity index (χ0v) is 15.2. The minimum atomic E-state index is -0.242. The Bertz CT molecular complexity index is 744. The second-order valence-electron chi connectivity index (χ2n) is 6.47. The van der Waals surface area contributed by atoms with Gasteiger partial charge in [0.2, 0.25) is 5.95 Å². The fourth-order valence-electron chi connectivity index (χ4n) is 2.85. The Labute approximate surface area is 153 Å². The first-order valence-electron chi connectivity index (χ1n) is 8.96. The zero-order valence-electron chi connectivity index (χ0n) is 15.2. The molecule has 1 aromatic carbocycles. The number of nitrogens with zero attached hydrogens (tertiary/aromatic N) is 4. The smallest absolute Gasteiger partial charge is 0.272 e. The average molecular weight is 357 g/mol. The summed E-state index contributed by atoms with van der Waals surface area (Å²) in [4.78, 5) is 25.2. The number of rotatable bonds is 5. The number of hydrogen-bond acceptors (Lipinski definition) is 5. The quantitative estimate of drug-likeness (QED) is 0.892. The van der Waals surface area contributed by atoms with Crippen molar-refractivity contribution < 1.29 is 9.18 Å². The number of carbonyl (C=O) groups is 1. The summed E-state index contributed by atoms with van der Waals surface area (Å²) in [6.07, 6.45) is 2.56. The van der Waals surface area contributed by atoms with Crippen molar-refractivity contribution in [2.75, 3.05) is 36.4 Å². The minimum Gasteiger partial charge on any atom is -0.368 e. The fourth-order valence-corrected chi connectivity index (χ4v) is 2.85. The molecule has 1 aliphatic rings. The standard InChI is InChI=1S/C19H24FN5O/c1-3-14(2)22-19-21-9-8-17(23-19)18(26)25-12-10-24(11-13-25)16-6-4-15(20)5-7-16/h4-9,14H,3,10-13H2,1-2H3,(H,21,22,23). The molecule has 1 aromatic heterocycles. The van der Waals surface area contributed by atoms with Crippen LogP contribution in [0.5, 0.6) is 0 Å². The maximum absolute atomic E-state index is 13.1. The van der Waals surface area contributed by atoms with Crippen molar-refractivity contribution in [3.63, 3.8) is 0 Å². The highest BCUT2D eigenvalue weighted by Gasteiger charge is 2.23. The number of anilines is 2. The molecule has 0 radical (unpaired) electrons. The number of carbonyl (C=O) groups excluding carboxylic acids is 1. The maximum atomic E-state index is 13.1. The van der Waals surface area contributed by atoms with Crippen LogP contribution in [0.1, 0.15) is 30.8 Å². The second kappa shape index (κ2) is 8.12. The summed E-state index contributed by atoms with van der Waals surface area (Å²) in [5.74, 6) is 0.154. The second-order valence-corrected chi connectivity index (χ2v) is 6.47. The summed E-state index contributed by atoms with van der Waals surface area (Å²) in [6, 6.07) is 8.35. The van der Waals surface area contributed by atoms with Gasteiger partial charge in [0.1, 0.15) is 11.5 Å². The molecule has 7 heteroatoms. The largest absolute Gasteiger partial charge is 0.368 e. The van der Waals surface area contributed by atoms with Crippen LogP contribution in [0.4, 0.5) is 16.0 Å². The Kier molecular flexibility index (Phi) is 5.65. The third-order valence-electron chi connectivity index (χ3n) is 4.62. The molecule has 1 N–H and O–H groups in total. The number of halogens is 1. The van der Waals surface area contributed by atoms with E-state index in [1.54, 1.807) is 29.3 Å². The third kappa shape index (κ3) is 4.28. The Morgan fingerprint density at radius 1 is 1.19 bits per heavy atom. The van der Waals surface area contributed by atoms with Crippen LogP contribution in [0.3, 0.4) is 0 Å². The third-order valence-corrected chi connectivity index (χ3v) is 4.62. The average Bonchev–Trinajstić information content (AvgIpc) is 2.68. The van der Waals surface area contributed by atoms with E-state index in [0.29, 0.717) is 37.8 Å². The predicted octanol–water partition coefficient (Wildman–Crippen LogP) is 2.79. The highest BCUT2D eigenvalue weighted by Crippen LogP contribution is 2.18. The van der Waals surface area contributed by atoms with E-state index in [-0.39, 0.29) is 17.8 Å². The SMILES string of the molecule is CCC(C)Nc1nccc(C(=O)N2CCN(c3ccc(F)cc3)CC2)n1. The topological polar surface area (TPSA) is 61.4 Å². The lowest BCUT2D eigenvalue weighted by atomic mass is 10.2. The zero-order chi connectivity index (χ0) is 18.5. The molecule has 0 saturated carbocycles. The van der Waals surface area contributed by atoms with Crippen LogP contribution in [-0.2, 0) is 0 Å². The highest BCUT2D eigenvalue weighted by atomic mass is 19.1. The number of piperazine rings is 1. The molecular formula is C19H24FN5O. The normalized spacial score (nSPS) is 15.7. The number of hydrogen-bond donors (Lipinski definition) is 1. The van der Waals surface area contributed by atoms with Crippen LogP contribution in [-0.4, -0.2) is 53.0 Å². The van der Waals surface area contributed by atoms with Gasteiger partial charge in [-0.1, -0.05) is 6.92 Å². The number of aromatic nitrogens is 2. The van der Waals surface area contributed by atoms with Crippen molar-refractivity contribution in [2.24, 2.45) is 0 Å². The number of nitrogens with one attached hydrogen (secondary N) is 1. The maximum Gasteiger partial charge on any atom is 0.272 e. The Morgan fingerprint density at radius 2 is 1.88 bits per heavy atom. The predicted molar refractivity (Wildman–Crippen MR) is 99.9 cm³/mol. The van der Waals surface area contributed by atoms with Crippen molar-refractivity contribution >= 4 is 17.5 Å². The lowest BCUT2D eigenvalue weighted by Crippen LogP contribution is -2.49. The van der Waals surface area contributed by atoms with E-state index in [0.717, 1.165) is 12.1 Å². The lowest BCUT2D eigenvalue weighted by Gasteiger charge is -2.36. The van der Waals surface area contributed by atoms with E-state index >= 15 is 0 Å². The molecule has 138 valence electrons. The van der Waals surface area contributed by atoms with Crippen molar-refractivity contribution in [1.29, 1.82) is 0 Å². The molecule has 0 spiro atoms. The van der Waals surface area contributed by atoms with Gasteiger partial charge in [-0.3, -0.25) is 4.79 Å². The molecular weight excluding hydrogens is 333 g/mol. The van der Waals surface area contributed by atoms with Gasteiger partial charge in [-0.05, 0) is 43.7 Å². The summed E-state index contributed by atoms with van der Waals surface area (Å²) < 4.78 is 13.1. The monoisotopic (exact) mass is 357 g/mol. The molecule has 0 aliphatic carbocycles. The summed E-state index contributed by atoms with van der Waals surface area (Å²) in [5, 5.41) is 3.19. The summed E-state index contributed by atoms with van der Waals surface area (Å²) in [5.41, 5.74) is 1.38. The first kappa shape index (κ1) is 18.1. The van der Waals surface area contributed by atoms with Gasteiger partial charge in [0.05, 0.1) is 0 Å². The molecule has 1 unspecified atom stereocenters. The van der Waals surface area contributed by atoms with Crippen molar-refractivity contribution in [3.05, 3.63) is 48.0 Å². The lowest BCUT2D eigenvalue weighted by molar-refractivity contribution is 0.0741. The van der Waals surface area contributed by atoms with Crippen LogP contribution < -0.4 is 10.2 Å². The fraction of sp³-hybridized carbons (Fsp3) is 0.421. The minimum absolute atomic E-state index is 0.0849. The van der Waals surface area contributed by atoms with Gasteiger partial charge in [-0.15, -0.1) is 0 Å². The first-order chi connectivity index (χ1) is 12.6. The van der Waals surface area contributed by atoms with E-state index in [9.17, 15) is 9.18 Å². The Morgan fingerprint density at radius 3 is 2.54 bits per heavy atom. The molecule has 0 bridgehead atoms. The van der Waals surface area contributed by atoms with Gasteiger partial charge >= 0.3 is 0 Å². The molecule has 6 nitrogen and oxygen atoms in total. The van der Waals surface area contributed by atoms with Crippen molar-refractivity contribution in [1.82, 2.24) is 14.9 Å². The van der Waals surface area contributed by atoms with Crippen molar-refractivity contribution in [3.8, 4) is 0 Å². The molecule has 3 rings (SSSR count). The molecule has 1 aliphatic heterocycles. The molecule has 2 heterocycles. The van der Waals surface area contributed by atoms with E-state index < -0.39 is 0 Å². The molecule has 1 amide bonds. The van der Waals surface area contributed by atoms with Crippen LogP contribution in [0.15, 0.2) is 36.5 Å². The summed E-state index contributed by atoms with van der Waals surface area (Å²) >= 11 is 0. The summed E-state index contributed by atoms with van der Waals surface area (Å²) in [6.45, 7) is 6.75. The van der Waals surface area contributed by atoms with Crippen LogP contribution in [0.25, 0.3) is 0 Å². The number of amides is 1. The Balaban J connectivity index is 1.61. The van der Waals surface area contributed by atoms with Gasteiger partial charge in [0.25, 0.3) is 5.91 Å². The Hall–Kier alpha value is -2.70. The van der Waals surface area contributed by atoms with E-state index in [1.165, 1.54) is 12.1 Å².